The topological polar surface area (TPSA) is 49.3 Å². The highest BCUT2D eigenvalue weighted by molar-refractivity contribution is 6.30. The summed E-state index contributed by atoms with van der Waals surface area (Å²) in [6.45, 7) is 2.97. The molecular formula is C16H17ClN4O. The van der Waals surface area contributed by atoms with Crippen LogP contribution in [0.2, 0.25) is 5.02 Å². The van der Waals surface area contributed by atoms with E-state index in [4.69, 9.17) is 11.6 Å². The minimum atomic E-state index is 0.127. The molecule has 1 aliphatic heterocycles. The van der Waals surface area contributed by atoms with Gasteiger partial charge >= 0.3 is 0 Å². The molecular weight excluding hydrogens is 300 g/mol. The fourth-order valence-corrected chi connectivity index (χ4v) is 2.62. The molecule has 0 aromatic carbocycles. The maximum atomic E-state index is 12.3. The summed E-state index contributed by atoms with van der Waals surface area (Å²) >= 11 is 5.85. The molecule has 1 aliphatic rings. The highest BCUT2D eigenvalue weighted by Gasteiger charge is 2.22. The van der Waals surface area contributed by atoms with E-state index < -0.39 is 0 Å². The van der Waals surface area contributed by atoms with E-state index in [2.05, 4.69) is 14.9 Å². The molecule has 22 heavy (non-hydrogen) atoms. The van der Waals surface area contributed by atoms with Crippen LogP contribution in [0.25, 0.3) is 0 Å². The number of pyridine rings is 2. The van der Waals surface area contributed by atoms with Gasteiger partial charge in [-0.1, -0.05) is 17.7 Å². The van der Waals surface area contributed by atoms with Crippen LogP contribution in [0.4, 0.5) is 5.82 Å². The Bertz CT molecular complexity index is 624. The second kappa shape index (κ2) is 6.75. The summed E-state index contributed by atoms with van der Waals surface area (Å²) in [4.78, 5) is 24.9. The van der Waals surface area contributed by atoms with Gasteiger partial charge in [0, 0.05) is 44.3 Å². The quantitative estimate of drug-likeness (QED) is 0.869. The van der Waals surface area contributed by atoms with Crippen molar-refractivity contribution in [3.63, 3.8) is 0 Å². The number of anilines is 1. The summed E-state index contributed by atoms with van der Waals surface area (Å²) in [5.41, 5.74) is 0.814. The van der Waals surface area contributed by atoms with Crippen molar-refractivity contribution in [1.29, 1.82) is 0 Å². The monoisotopic (exact) mass is 316 g/mol. The van der Waals surface area contributed by atoms with Crippen LogP contribution in [-0.4, -0.2) is 47.0 Å². The third-order valence-corrected chi connectivity index (χ3v) is 3.95. The number of carbonyl (C=O) groups excluding carboxylic acids is 1. The number of halogens is 1. The minimum Gasteiger partial charge on any atom is -0.353 e. The Kier molecular flexibility index (Phi) is 4.53. The van der Waals surface area contributed by atoms with E-state index in [1.807, 2.05) is 35.2 Å². The molecule has 0 unspecified atom stereocenters. The molecule has 1 amide bonds. The zero-order chi connectivity index (χ0) is 15.4. The lowest BCUT2D eigenvalue weighted by Gasteiger charge is -2.35. The molecule has 114 valence electrons. The molecule has 0 radical (unpaired) electrons. The highest BCUT2D eigenvalue weighted by atomic mass is 35.5. The molecule has 0 bridgehead atoms. The molecule has 0 aliphatic carbocycles. The molecule has 2 aromatic rings. The van der Waals surface area contributed by atoms with E-state index in [-0.39, 0.29) is 5.91 Å². The predicted molar refractivity (Wildman–Crippen MR) is 86.0 cm³/mol. The Labute approximate surface area is 134 Å². The largest absolute Gasteiger partial charge is 0.353 e. The molecule has 2 aromatic heterocycles. The molecule has 6 heteroatoms. The van der Waals surface area contributed by atoms with Crippen LogP contribution in [0.3, 0.4) is 0 Å². The average molecular weight is 317 g/mol. The Morgan fingerprint density at radius 3 is 2.55 bits per heavy atom. The van der Waals surface area contributed by atoms with Gasteiger partial charge in [-0.05, 0) is 24.3 Å². The van der Waals surface area contributed by atoms with Gasteiger partial charge in [-0.15, -0.1) is 0 Å². The van der Waals surface area contributed by atoms with Crippen LogP contribution < -0.4 is 4.90 Å². The summed E-state index contributed by atoms with van der Waals surface area (Å²) in [6.07, 6.45) is 3.72. The van der Waals surface area contributed by atoms with Crippen molar-refractivity contribution in [2.45, 2.75) is 6.42 Å². The second-order valence-corrected chi connectivity index (χ2v) is 5.64. The molecule has 0 atom stereocenters. The van der Waals surface area contributed by atoms with Gasteiger partial charge in [0.2, 0.25) is 5.91 Å². The van der Waals surface area contributed by atoms with Crippen LogP contribution in [0.15, 0.2) is 42.7 Å². The number of piperazine rings is 1. The summed E-state index contributed by atoms with van der Waals surface area (Å²) in [6, 6.07) is 9.38. The minimum absolute atomic E-state index is 0.127. The van der Waals surface area contributed by atoms with Crippen molar-refractivity contribution in [3.8, 4) is 0 Å². The van der Waals surface area contributed by atoms with Gasteiger partial charge in [-0.25, -0.2) is 4.98 Å². The first-order chi connectivity index (χ1) is 10.7. The zero-order valence-corrected chi connectivity index (χ0v) is 12.9. The van der Waals surface area contributed by atoms with Gasteiger partial charge < -0.3 is 9.80 Å². The highest BCUT2D eigenvalue weighted by Crippen LogP contribution is 2.16. The summed E-state index contributed by atoms with van der Waals surface area (Å²) < 4.78 is 0. The van der Waals surface area contributed by atoms with E-state index in [1.54, 1.807) is 12.4 Å². The third kappa shape index (κ3) is 3.54. The average Bonchev–Trinajstić information content (AvgIpc) is 2.57. The SMILES string of the molecule is O=C(Cc1ccccn1)N1CCN(c2ccc(Cl)cn2)CC1. The fourth-order valence-electron chi connectivity index (χ4n) is 2.51. The summed E-state index contributed by atoms with van der Waals surface area (Å²) in [7, 11) is 0. The molecule has 3 rings (SSSR count). The summed E-state index contributed by atoms with van der Waals surface area (Å²) in [5, 5.41) is 0.632. The fraction of sp³-hybridized carbons (Fsp3) is 0.312. The Hall–Kier alpha value is -2.14. The molecule has 3 heterocycles. The Balaban J connectivity index is 1.55. The van der Waals surface area contributed by atoms with Crippen molar-refractivity contribution in [2.24, 2.45) is 0 Å². The van der Waals surface area contributed by atoms with E-state index in [1.165, 1.54) is 0 Å². The predicted octanol–water partition coefficient (Wildman–Crippen LogP) is 2.02. The Morgan fingerprint density at radius 1 is 1.09 bits per heavy atom. The number of nitrogens with zero attached hydrogens (tertiary/aromatic N) is 4. The van der Waals surface area contributed by atoms with E-state index in [0.717, 1.165) is 24.6 Å². The van der Waals surface area contributed by atoms with Gasteiger partial charge in [0.15, 0.2) is 0 Å². The van der Waals surface area contributed by atoms with E-state index >= 15 is 0 Å². The number of rotatable bonds is 3. The second-order valence-electron chi connectivity index (χ2n) is 5.20. The van der Waals surface area contributed by atoms with Crippen molar-refractivity contribution >= 4 is 23.3 Å². The normalized spacial score (nSPS) is 15.0. The van der Waals surface area contributed by atoms with Gasteiger partial charge in [-0.3, -0.25) is 9.78 Å². The lowest BCUT2D eigenvalue weighted by Crippen LogP contribution is -2.49. The van der Waals surface area contributed by atoms with Crippen LogP contribution in [0.1, 0.15) is 5.69 Å². The van der Waals surface area contributed by atoms with Gasteiger partial charge in [-0.2, -0.15) is 0 Å². The zero-order valence-electron chi connectivity index (χ0n) is 12.2. The molecule has 1 saturated heterocycles. The Morgan fingerprint density at radius 2 is 1.91 bits per heavy atom. The molecule has 0 saturated carbocycles. The number of aromatic nitrogens is 2. The number of amides is 1. The lowest BCUT2D eigenvalue weighted by molar-refractivity contribution is -0.130. The van der Waals surface area contributed by atoms with Gasteiger partial charge in [0.05, 0.1) is 11.4 Å². The molecule has 0 N–H and O–H groups in total. The van der Waals surface area contributed by atoms with Crippen molar-refractivity contribution < 1.29 is 4.79 Å². The van der Waals surface area contributed by atoms with Crippen LogP contribution in [-0.2, 0) is 11.2 Å². The maximum Gasteiger partial charge on any atom is 0.228 e. The van der Waals surface area contributed by atoms with Crippen LogP contribution in [0.5, 0.6) is 0 Å². The lowest BCUT2D eigenvalue weighted by atomic mass is 10.2. The van der Waals surface area contributed by atoms with Crippen molar-refractivity contribution in [1.82, 2.24) is 14.9 Å². The number of hydrogen-bond donors (Lipinski definition) is 0. The molecule has 0 spiro atoms. The first kappa shape index (κ1) is 14.8. The van der Waals surface area contributed by atoms with Crippen molar-refractivity contribution in [3.05, 3.63) is 53.4 Å². The van der Waals surface area contributed by atoms with Crippen LogP contribution >= 0.6 is 11.6 Å². The van der Waals surface area contributed by atoms with E-state index in [0.29, 0.717) is 24.5 Å². The van der Waals surface area contributed by atoms with Gasteiger partial charge in [0.25, 0.3) is 0 Å². The molecule has 5 nitrogen and oxygen atoms in total. The maximum absolute atomic E-state index is 12.3. The first-order valence-corrected chi connectivity index (χ1v) is 7.64. The summed E-state index contributed by atoms with van der Waals surface area (Å²) in [5.74, 6) is 1.03. The first-order valence-electron chi connectivity index (χ1n) is 7.26. The van der Waals surface area contributed by atoms with Gasteiger partial charge in [0.1, 0.15) is 5.82 Å². The third-order valence-electron chi connectivity index (χ3n) is 3.73. The smallest absolute Gasteiger partial charge is 0.228 e. The number of hydrogen-bond acceptors (Lipinski definition) is 4. The van der Waals surface area contributed by atoms with Crippen LogP contribution in [0, 0.1) is 0 Å². The van der Waals surface area contributed by atoms with Crippen molar-refractivity contribution in [2.75, 3.05) is 31.1 Å². The van der Waals surface area contributed by atoms with E-state index in [9.17, 15) is 4.79 Å². The standard InChI is InChI=1S/C16H17ClN4O/c17-13-4-5-15(19-12-13)20-7-9-21(10-8-20)16(22)11-14-3-1-2-6-18-14/h1-6,12H,7-11H2. The molecule has 1 fully saturated rings. The number of carbonyl (C=O) groups is 1.